The summed E-state index contributed by atoms with van der Waals surface area (Å²) in [4.78, 5) is 23.9. The van der Waals surface area contributed by atoms with Gasteiger partial charge in [-0.15, -0.1) is 10.2 Å². The first kappa shape index (κ1) is 17.6. The highest BCUT2D eigenvalue weighted by molar-refractivity contribution is 6.39. The molecule has 0 aliphatic rings. The van der Waals surface area contributed by atoms with Gasteiger partial charge in [0.1, 0.15) is 0 Å². The Hall–Kier alpha value is -3.19. The van der Waals surface area contributed by atoms with Crippen LogP contribution >= 0.6 is 11.6 Å². The molecule has 0 atom stereocenters. The Morgan fingerprint density at radius 2 is 1.69 bits per heavy atom. The number of aromatic nitrogens is 2. The summed E-state index contributed by atoms with van der Waals surface area (Å²) in [6.45, 7) is 1.94. The minimum Gasteiger partial charge on any atom is -0.421 e. The van der Waals surface area contributed by atoms with Gasteiger partial charge in [-0.25, -0.2) is 0 Å². The summed E-state index contributed by atoms with van der Waals surface area (Å²) in [7, 11) is 0. The average Bonchev–Trinajstić information content (AvgIpc) is 3.08. The summed E-state index contributed by atoms with van der Waals surface area (Å²) in [6, 6.07) is 13.7. The van der Waals surface area contributed by atoms with E-state index in [4.69, 9.17) is 16.0 Å². The topological polar surface area (TPSA) is 97.1 Å². The molecule has 0 radical (unpaired) electrons. The van der Waals surface area contributed by atoms with Gasteiger partial charge in [-0.3, -0.25) is 9.59 Å². The van der Waals surface area contributed by atoms with Crippen LogP contribution in [0.3, 0.4) is 0 Å². The zero-order chi connectivity index (χ0) is 18.5. The maximum atomic E-state index is 12.0. The van der Waals surface area contributed by atoms with Crippen molar-refractivity contribution in [3.63, 3.8) is 0 Å². The van der Waals surface area contributed by atoms with E-state index in [-0.39, 0.29) is 6.54 Å². The summed E-state index contributed by atoms with van der Waals surface area (Å²) in [5.41, 5.74) is 2.04. The molecular weight excluding hydrogens is 356 g/mol. The molecule has 0 aliphatic heterocycles. The molecule has 132 valence electrons. The lowest BCUT2D eigenvalue weighted by atomic mass is 10.2. The number of amides is 2. The van der Waals surface area contributed by atoms with E-state index in [9.17, 15) is 9.59 Å². The van der Waals surface area contributed by atoms with Crippen molar-refractivity contribution in [3.05, 3.63) is 65.0 Å². The van der Waals surface area contributed by atoms with Crippen molar-refractivity contribution in [2.75, 3.05) is 5.32 Å². The van der Waals surface area contributed by atoms with E-state index in [1.54, 1.807) is 55.5 Å². The zero-order valence-electron chi connectivity index (χ0n) is 13.8. The average molecular weight is 371 g/mol. The fourth-order valence-corrected chi connectivity index (χ4v) is 2.29. The number of nitrogens with zero attached hydrogens (tertiary/aromatic N) is 2. The molecule has 0 spiro atoms. The Labute approximate surface area is 154 Å². The number of hydrogen-bond acceptors (Lipinski definition) is 5. The Kier molecular flexibility index (Phi) is 5.28. The number of nitrogens with one attached hydrogen (secondary N) is 2. The maximum Gasteiger partial charge on any atom is 0.313 e. The third kappa shape index (κ3) is 4.46. The van der Waals surface area contributed by atoms with Gasteiger partial charge in [-0.1, -0.05) is 23.7 Å². The van der Waals surface area contributed by atoms with Crippen LogP contribution in [0.2, 0.25) is 5.02 Å². The molecule has 0 bridgehead atoms. The second-order valence-electron chi connectivity index (χ2n) is 5.47. The lowest BCUT2D eigenvalue weighted by molar-refractivity contribution is -0.136. The molecule has 26 heavy (non-hydrogen) atoms. The first-order chi connectivity index (χ1) is 12.5. The highest BCUT2D eigenvalue weighted by atomic mass is 35.5. The number of hydrogen-bond donors (Lipinski definition) is 2. The number of halogens is 1. The van der Waals surface area contributed by atoms with Crippen molar-refractivity contribution in [2.45, 2.75) is 13.5 Å². The molecule has 0 fully saturated rings. The van der Waals surface area contributed by atoms with Crippen LogP contribution in [0, 0.1) is 6.92 Å². The smallest absolute Gasteiger partial charge is 0.313 e. The molecule has 2 amide bonds. The minimum atomic E-state index is -0.750. The molecule has 0 unspecified atom stereocenters. The van der Waals surface area contributed by atoms with Crippen LogP contribution in [0.15, 0.2) is 52.9 Å². The maximum absolute atomic E-state index is 12.0. The van der Waals surface area contributed by atoms with E-state index >= 15 is 0 Å². The minimum absolute atomic E-state index is 0.235. The van der Waals surface area contributed by atoms with Crippen LogP contribution in [0.1, 0.15) is 11.5 Å². The molecule has 1 heterocycles. The van der Waals surface area contributed by atoms with Crippen molar-refractivity contribution in [1.82, 2.24) is 15.5 Å². The fraction of sp³-hybridized carbons (Fsp3) is 0.111. The van der Waals surface area contributed by atoms with Gasteiger partial charge in [0.05, 0.1) is 0 Å². The third-order valence-electron chi connectivity index (χ3n) is 3.49. The molecule has 0 saturated carbocycles. The van der Waals surface area contributed by atoms with Crippen molar-refractivity contribution in [2.24, 2.45) is 0 Å². The Balaban J connectivity index is 1.55. The summed E-state index contributed by atoms with van der Waals surface area (Å²) in [5.74, 6) is -0.618. The number of carbonyl (C=O) groups excluding carboxylic acids is 2. The number of aryl methyl sites for hydroxylation is 1. The fourth-order valence-electron chi connectivity index (χ4n) is 2.16. The Morgan fingerprint density at radius 3 is 2.31 bits per heavy atom. The Morgan fingerprint density at radius 1 is 1.00 bits per heavy atom. The molecular formula is C18H15ClN4O3. The zero-order valence-corrected chi connectivity index (χ0v) is 14.6. The molecule has 1 aromatic heterocycles. The normalized spacial score (nSPS) is 10.4. The first-order valence-electron chi connectivity index (χ1n) is 7.75. The van der Waals surface area contributed by atoms with Gasteiger partial charge >= 0.3 is 11.8 Å². The van der Waals surface area contributed by atoms with E-state index < -0.39 is 11.8 Å². The number of carbonyl (C=O) groups is 2. The van der Waals surface area contributed by atoms with Gasteiger partial charge in [0.2, 0.25) is 11.8 Å². The molecule has 8 heteroatoms. The van der Waals surface area contributed by atoms with Gasteiger partial charge in [-0.05, 0) is 42.0 Å². The molecule has 3 aromatic rings. The van der Waals surface area contributed by atoms with Crippen LogP contribution in [0.5, 0.6) is 0 Å². The van der Waals surface area contributed by atoms with Gasteiger partial charge in [-0.2, -0.15) is 0 Å². The molecule has 7 nitrogen and oxygen atoms in total. The highest BCUT2D eigenvalue weighted by Crippen LogP contribution is 2.20. The number of rotatable bonds is 4. The molecule has 2 N–H and O–H groups in total. The van der Waals surface area contributed by atoms with E-state index in [0.717, 1.165) is 11.1 Å². The van der Waals surface area contributed by atoms with Crippen LogP contribution in [0.4, 0.5) is 5.69 Å². The Bertz CT molecular complexity index is 920. The van der Waals surface area contributed by atoms with Gasteiger partial charge in [0.15, 0.2) is 0 Å². The first-order valence-corrected chi connectivity index (χ1v) is 8.13. The van der Waals surface area contributed by atoms with Crippen molar-refractivity contribution >= 4 is 29.1 Å². The van der Waals surface area contributed by atoms with Gasteiger partial charge < -0.3 is 15.1 Å². The van der Waals surface area contributed by atoms with E-state index in [1.165, 1.54) is 0 Å². The van der Waals surface area contributed by atoms with Crippen molar-refractivity contribution < 1.29 is 14.0 Å². The number of anilines is 1. The molecule has 0 aliphatic carbocycles. The quantitative estimate of drug-likeness (QED) is 0.688. The summed E-state index contributed by atoms with van der Waals surface area (Å²) in [5, 5.41) is 13.4. The second-order valence-corrected chi connectivity index (χ2v) is 5.90. The third-order valence-corrected chi connectivity index (χ3v) is 3.74. The molecule has 3 rings (SSSR count). The summed E-state index contributed by atoms with van der Waals surface area (Å²) in [6.07, 6.45) is 0. The standard InChI is InChI=1S/C18H15ClN4O3/c1-11-22-23-18(26-11)13-4-8-15(9-5-13)21-17(25)16(24)20-10-12-2-6-14(19)7-3-12/h2-9H,10H2,1H3,(H,20,24)(H,21,25). The van der Waals surface area contributed by atoms with Crippen LogP contribution < -0.4 is 10.6 Å². The van der Waals surface area contributed by atoms with Gasteiger partial charge in [0, 0.05) is 29.7 Å². The monoisotopic (exact) mass is 370 g/mol. The SMILES string of the molecule is Cc1nnc(-c2ccc(NC(=O)C(=O)NCc3ccc(Cl)cc3)cc2)o1. The summed E-state index contributed by atoms with van der Waals surface area (Å²) >= 11 is 5.80. The number of benzene rings is 2. The molecule has 2 aromatic carbocycles. The van der Waals surface area contributed by atoms with Crippen LogP contribution in [-0.2, 0) is 16.1 Å². The molecule has 0 saturated heterocycles. The van der Waals surface area contributed by atoms with E-state index in [1.807, 2.05) is 0 Å². The van der Waals surface area contributed by atoms with Gasteiger partial charge in [0.25, 0.3) is 0 Å². The predicted octanol–water partition coefficient (Wildman–Crippen LogP) is 2.95. The summed E-state index contributed by atoms with van der Waals surface area (Å²) < 4.78 is 5.33. The lowest BCUT2D eigenvalue weighted by Gasteiger charge is -2.07. The van der Waals surface area contributed by atoms with E-state index in [2.05, 4.69) is 20.8 Å². The van der Waals surface area contributed by atoms with Crippen molar-refractivity contribution in [3.8, 4) is 11.5 Å². The highest BCUT2D eigenvalue weighted by Gasteiger charge is 2.14. The second kappa shape index (κ2) is 7.79. The van der Waals surface area contributed by atoms with Crippen molar-refractivity contribution in [1.29, 1.82) is 0 Å². The predicted molar refractivity (Wildman–Crippen MR) is 96.4 cm³/mol. The largest absolute Gasteiger partial charge is 0.421 e. The van der Waals surface area contributed by atoms with Crippen LogP contribution in [-0.4, -0.2) is 22.0 Å². The van der Waals surface area contributed by atoms with E-state index in [0.29, 0.717) is 22.5 Å². The van der Waals surface area contributed by atoms with Crippen LogP contribution in [0.25, 0.3) is 11.5 Å². The lowest BCUT2D eigenvalue weighted by Crippen LogP contribution is -2.34.